The molecule has 26 heavy (non-hydrogen) atoms. The Bertz CT molecular complexity index is 528. The van der Waals surface area contributed by atoms with E-state index < -0.39 is 5.97 Å². The van der Waals surface area contributed by atoms with Crippen LogP contribution in [0.15, 0.2) is 24.3 Å². The van der Waals surface area contributed by atoms with Gasteiger partial charge in [0.2, 0.25) is 0 Å². The molecular formula is C21H32O5. The Morgan fingerprint density at radius 1 is 1.08 bits per heavy atom. The topological polar surface area (TPSA) is 79.3 Å². The predicted molar refractivity (Wildman–Crippen MR) is 98.8 cm³/mol. The van der Waals surface area contributed by atoms with E-state index >= 15 is 0 Å². The molecule has 5 heteroatoms. The van der Waals surface area contributed by atoms with Crippen molar-refractivity contribution in [2.75, 3.05) is 0 Å². The van der Waals surface area contributed by atoms with Crippen molar-refractivity contribution in [2.24, 2.45) is 11.8 Å². The summed E-state index contributed by atoms with van der Waals surface area (Å²) in [4.78, 5) is 10.5. The highest BCUT2D eigenvalue weighted by Gasteiger charge is 2.68. The summed E-state index contributed by atoms with van der Waals surface area (Å²) in [5.74, 6) is -0.0497. The van der Waals surface area contributed by atoms with Crippen LogP contribution in [0.25, 0.3) is 0 Å². The number of aliphatic carboxylic acids is 1. The van der Waals surface area contributed by atoms with Gasteiger partial charge in [-0.2, -0.15) is 0 Å². The first-order chi connectivity index (χ1) is 12.6. The third-order valence-corrected chi connectivity index (χ3v) is 5.81. The second-order valence-electron chi connectivity index (χ2n) is 7.81. The number of hydrogen-bond donors (Lipinski definition) is 2. The number of hydrogen-bond acceptors (Lipinski definition) is 4. The summed E-state index contributed by atoms with van der Waals surface area (Å²) >= 11 is 0. The van der Waals surface area contributed by atoms with E-state index in [9.17, 15) is 9.90 Å². The third kappa shape index (κ3) is 4.76. The molecule has 6 unspecified atom stereocenters. The average molecular weight is 364 g/mol. The lowest BCUT2D eigenvalue weighted by molar-refractivity contribution is -0.137. The molecule has 0 amide bonds. The first-order valence-corrected chi connectivity index (χ1v) is 10.2. The van der Waals surface area contributed by atoms with Crippen LogP contribution < -0.4 is 0 Å². The molecule has 2 bridgehead atoms. The van der Waals surface area contributed by atoms with Gasteiger partial charge < -0.3 is 19.7 Å². The molecule has 0 saturated carbocycles. The molecule has 3 aliphatic heterocycles. The second-order valence-corrected chi connectivity index (χ2v) is 7.81. The highest BCUT2D eigenvalue weighted by atomic mass is 16.7. The molecule has 0 radical (unpaired) electrons. The van der Waals surface area contributed by atoms with E-state index in [4.69, 9.17) is 14.6 Å². The van der Waals surface area contributed by atoms with E-state index in [0.717, 1.165) is 38.5 Å². The van der Waals surface area contributed by atoms with Crippen LogP contribution in [0.2, 0.25) is 0 Å². The molecule has 0 aromatic rings. The van der Waals surface area contributed by atoms with Gasteiger partial charge in [-0.15, -0.1) is 0 Å². The largest absolute Gasteiger partial charge is 0.481 e. The number of allylic oxidation sites excluding steroid dienone is 2. The Balaban J connectivity index is 1.49. The summed E-state index contributed by atoms with van der Waals surface area (Å²) in [6.07, 6.45) is 15.6. The number of aliphatic hydroxyl groups excluding tert-OH is 1. The van der Waals surface area contributed by atoms with Crippen LogP contribution in [-0.2, 0) is 14.3 Å². The monoisotopic (exact) mass is 364 g/mol. The lowest BCUT2D eigenvalue weighted by Gasteiger charge is -2.22. The standard InChI is InChI=1S/C21H32O5/c1-2-3-6-9-14(22)12-13-16-15(10-7-4-5-8-11-17(23)24)18-20-21(26-20)19(16)25-18/h4,7,12-16,18-22H,2-3,5-6,8-11H2,1H3,(H,23,24)/b7-4-,13-12+/t14-,15?,16?,18?,19?,20?,21?/m0/s1. The minimum absolute atomic E-state index is 0.134. The SMILES string of the molecule is CCCCC[C@H](O)/C=C/C1C(C/C=C\CCCC(=O)O)C2OC1C1OC21. The van der Waals surface area contributed by atoms with E-state index in [1.807, 2.05) is 6.08 Å². The molecule has 0 aromatic heterocycles. The fraction of sp³-hybridized carbons (Fsp3) is 0.762. The molecule has 3 rings (SSSR count). The zero-order chi connectivity index (χ0) is 18.5. The van der Waals surface area contributed by atoms with Crippen LogP contribution in [-0.4, -0.2) is 46.7 Å². The molecule has 0 aromatic carbocycles. The van der Waals surface area contributed by atoms with Gasteiger partial charge in [0, 0.05) is 18.3 Å². The van der Waals surface area contributed by atoms with Gasteiger partial charge in [-0.3, -0.25) is 4.79 Å². The van der Waals surface area contributed by atoms with Crippen LogP contribution in [0, 0.1) is 11.8 Å². The summed E-state index contributed by atoms with van der Waals surface area (Å²) in [6, 6.07) is 0. The number of ether oxygens (including phenoxy) is 2. The van der Waals surface area contributed by atoms with Crippen molar-refractivity contribution in [3.05, 3.63) is 24.3 Å². The number of unbranched alkanes of at least 4 members (excludes halogenated alkanes) is 3. The maximum Gasteiger partial charge on any atom is 0.303 e. The van der Waals surface area contributed by atoms with E-state index in [-0.39, 0.29) is 36.9 Å². The molecule has 0 aliphatic carbocycles. The zero-order valence-corrected chi connectivity index (χ0v) is 15.6. The lowest BCUT2D eigenvalue weighted by atomic mass is 9.77. The number of fused-ring (bicyclic) bond motifs is 5. The summed E-state index contributed by atoms with van der Waals surface area (Å²) in [6.45, 7) is 2.17. The molecule has 0 spiro atoms. The Kier molecular flexibility index (Phi) is 6.90. The number of aliphatic hydroxyl groups is 1. The van der Waals surface area contributed by atoms with Crippen LogP contribution in [0.4, 0.5) is 0 Å². The summed E-state index contributed by atoms with van der Waals surface area (Å²) in [5.41, 5.74) is 0. The van der Waals surface area contributed by atoms with Gasteiger partial charge in [-0.1, -0.05) is 50.5 Å². The minimum atomic E-state index is -0.737. The van der Waals surface area contributed by atoms with Crippen molar-refractivity contribution in [3.8, 4) is 0 Å². The number of carbonyl (C=O) groups is 1. The summed E-state index contributed by atoms with van der Waals surface area (Å²) < 4.78 is 11.9. The normalized spacial score (nSPS) is 36.1. The highest BCUT2D eigenvalue weighted by Crippen LogP contribution is 2.55. The smallest absolute Gasteiger partial charge is 0.303 e. The van der Waals surface area contributed by atoms with E-state index in [1.54, 1.807) is 0 Å². The zero-order valence-electron chi connectivity index (χ0n) is 15.6. The second kappa shape index (κ2) is 9.16. The molecular weight excluding hydrogens is 332 g/mol. The van der Waals surface area contributed by atoms with Crippen LogP contribution >= 0.6 is 0 Å². The fourth-order valence-electron chi connectivity index (χ4n) is 4.36. The van der Waals surface area contributed by atoms with Crippen molar-refractivity contribution in [1.82, 2.24) is 0 Å². The fourth-order valence-corrected chi connectivity index (χ4v) is 4.36. The maximum absolute atomic E-state index is 10.5. The summed E-state index contributed by atoms with van der Waals surface area (Å²) in [5, 5.41) is 18.8. The van der Waals surface area contributed by atoms with Gasteiger partial charge in [0.05, 0.1) is 18.3 Å². The van der Waals surface area contributed by atoms with Crippen LogP contribution in [0.3, 0.4) is 0 Å². The van der Waals surface area contributed by atoms with Gasteiger partial charge in [-0.25, -0.2) is 0 Å². The predicted octanol–water partition coefficient (Wildman–Crippen LogP) is 3.47. The Labute approximate surface area is 156 Å². The Morgan fingerprint density at radius 3 is 2.62 bits per heavy atom. The number of carboxylic acid groups (broad SMARTS) is 1. The van der Waals surface area contributed by atoms with Crippen molar-refractivity contribution in [2.45, 2.75) is 88.8 Å². The van der Waals surface area contributed by atoms with Gasteiger partial charge >= 0.3 is 5.97 Å². The summed E-state index contributed by atoms with van der Waals surface area (Å²) in [7, 11) is 0. The molecule has 7 atom stereocenters. The van der Waals surface area contributed by atoms with E-state index in [0.29, 0.717) is 18.3 Å². The number of carboxylic acids is 1. The molecule has 3 saturated heterocycles. The molecule has 2 N–H and O–H groups in total. The maximum atomic E-state index is 10.5. The van der Waals surface area contributed by atoms with Crippen LogP contribution in [0.1, 0.15) is 58.3 Å². The van der Waals surface area contributed by atoms with Gasteiger partial charge in [0.1, 0.15) is 12.2 Å². The average Bonchev–Trinajstić information content (AvgIpc) is 3.23. The highest BCUT2D eigenvalue weighted by molar-refractivity contribution is 5.66. The lowest BCUT2D eigenvalue weighted by Crippen LogP contribution is -2.31. The van der Waals surface area contributed by atoms with Crippen LogP contribution in [0.5, 0.6) is 0 Å². The van der Waals surface area contributed by atoms with Gasteiger partial charge in [-0.05, 0) is 25.7 Å². The Hall–Kier alpha value is -1.17. The van der Waals surface area contributed by atoms with Crippen molar-refractivity contribution >= 4 is 5.97 Å². The number of rotatable bonds is 12. The van der Waals surface area contributed by atoms with Gasteiger partial charge in [0.15, 0.2) is 0 Å². The molecule has 146 valence electrons. The number of epoxide rings is 1. The third-order valence-electron chi connectivity index (χ3n) is 5.81. The van der Waals surface area contributed by atoms with E-state index in [1.165, 1.54) is 0 Å². The first kappa shape index (κ1) is 19.6. The van der Waals surface area contributed by atoms with Gasteiger partial charge in [0.25, 0.3) is 0 Å². The minimum Gasteiger partial charge on any atom is -0.481 e. The van der Waals surface area contributed by atoms with Crippen molar-refractivity contribution in [3.63, 3.8) is 0 Å². The van der Waals surface area contributed by atoms with Crippen molar-refractivity contribution in [1.29, 1.82) is 0 Å². The molecule has 5 nitrogen and oxygen atoms in total. The molecule has 3 heterocycles. The molecule has 3 aliphatic rings. The first-order valence-electron chi connectivity index (χ1n) is 10.2. The van der Waals surface area contributed by atoms with Crippen molar-refractivity contribution < 1.29 is 24.5 Å². The quantitative estimate of drug-likeness (QED) is 0.315. The Morgan fingerprint density at radius 2 is 1.85 bits per heavy atom. The molecule has 3 fully saturated rings. The van der Waals surface area contributed by atoms with E-state index in [2.05, 4.69) is 25.2 Å².